The van der Waals surface area contributed by atoms with Crippen LogP contribution in [0.4, 0.5) is 0 Å². The van der Waals surface area contributed by atoms with Crippen molar-refractivity contribution in [1.82, 2.24) is 10.3 Å². The van der Waals surface area contributed by atoms with E-state index in [1.807, 2.05) is 6.20 Å². The maximum atomic E-state index is 4.47. The molecule has 0 aromatic carbocycles. The van der Waals surface area contributed by atoms with Gasteiger partial charge in [0.2, 0.25) is 0 Å². The van der Waals surface area contributed by atoms with Crippen LogP contribution >= 0.6 is 38.5 Å². The molecule has 4 heteroatoms. The van der Waals surface area contributed by atoms with Crippen molar-refractivity contribution in [2.24, 2.45) is 5.92 Å². The van der Waals surface area contributed by atoms with E-state index in [9.17, 15) is 0 Å². The molecular formula is C10H12BrIN2. The summed E-state index contributed by atoms with van der Waals surface area (Å²) in [5, 5.41) is 3.43. The molecule has 1 N–H and O–H groups in total. The molecule has 0 aliphatic carbocycles. The quantitative estimate of drug-likeness (QED) is 0.642. The Labute approximate surface area is 106 Å². The number of rotatable bonds is 2. The minimum absolute atomic E-state index is 0.597. The summed E-state index contributed by atoms with van der Waals surface area (Å²) >= 11 is 5.87. The van der Waals surface area contributed by atoms with Crippen molar-refractivity contribution in [2.45, 2.75) is 5.92 Å². The molecule has 76 valence electrons. The third kappa shape index (κ3) is 2.28. The number of halogens is 2. The van der Waals surface area contributed by atoms with E-state index < -0.39 is 0 Å². The maximum absolute atomic E-state index is 4.47. The molecule has 0 radical (unpaired) electrons. The Morgan fingerprint density at radius 1 is 1.50 bits per heavy atom. The van der Waals surface area contributed by atoms with Gasteiger partial charge >= 0.3 is 0 Å². The molecule has 0 bridgehead atoms. The Hall–Kier alpha value is 0.320. The molecule has 2 nitrogen and oxygen atoms in total. The van der Waals surface area contributed by atoms with Crippen molar-refractivity contribution < 1.29 is 0 Å². The summed E-state index contributed by atoms with van der Waals surface area (Å²) in [6, 6.07) is 4.20. The second-order valence-corrected chi connectivity index (χ2v) is 5.38. The Balaban J connectivity index is 2.17. The molecule has 1 saturated heterocycles. The molecule has 1 aliphatic rings. The average molecular weight is 367 g/mol. The minimum Gasteiger partial charge on any atom is -0.316 e. The fraction of sp³-hybridized carbons (Fsp3) is 0.500. The van der Waals surface area contributed by atoms with Gasteiger partial charge in [-0.25, -0.2) is 0 Å². The predicted molar refractivity (Wildman–Crippen MR) is 69.9 cm³/mol. The van der Waals surface area contributed by atoms with Crippen LogP contribution in [0.3, 0.4) is 0 Å². The van der Waals surface area contributed by atoms with E-state index in [2.05, 4.69) is 61.0 Å². The van der Waals surface area contributed by atoms with Crippen LogP contribution in [-0.4, -0.2) is 22.5 Å². The zero-order valence-corrected chi connectivity index (χ0v) is 11.5. The Morgan fingerprint density at radius 2 is 2.36 bits per heavy atom. The first kappa shape index (κ1) is 10.8. The molecule has 1 aromatic rings. The molecule has 2 heterocycles. The van der Waals surface area contributed by atoms with Crippen molar-refractivity contribution in [1.29, 1.82) is 0 Å². The standard InChI is InChI=1S/C10H12BrIN2/c11-8-1-2-10(14-5-8)9-6-13-4-7(9)3-12/h1-2,5,7,9,13H,3-4,6H2. The van der Waals surface area contributed by atoms with Gasteiger partial charge in [-0.15, -0.1) is 0 Å². The van der Waals surface area contributed by atoms with Crippen LogP contribution in [0, 0.1) is 5.92 Å². The van der Waals surface area contributed by atoms with Gasteiger partial charge in [0.1, 0.15) is 0 Å². The largest absolute Gasteiger partial charge is 0.316 e. The van der Waals surface area contributed by atoms with Crippen LogP contribution < -0.4 is 5.32 Å². The second kappa shape index (κ2) is 4.90. The molecule has 1 fully saturated rings. The van der Waals surface area contributed by atoms with Crippen molar-refractivity contribution in [3.05, 3.63) is 28.5 Å². The first-order valence-electron chi connectivity index (χ1n) is 4.69. The summed E-state index contributed by atoms with van der Waals surface area (Å²) in [5.74, 6) is 1.34. The highest BCUT2D eigenvalue weighted by Gasteiger charge is 2.28. The third-order valence-corrected chi connectivity index (χ3v) is 4.27. The maximum Gasteiger partial charge on any atom is 0.0451 e. The van der Waals surface area contributed by atoms with Crippen LogP contribution in [-0.2, 0) is 0 Å². The van der Waals surface area contributed by atoms with E-state index in [4.69, 9.17) is 0 Å². The number of nitrogens with one attached hydrogen (secondary N) is 1. The van der Waals surface area contributed by atoms with E-state index in [1.54, 1.807) is 0 Å². The number of aromatic nitrogens is 1. The fourth-order valence-corrected chi connectivity index (χ4v) is 3.01. The molecule has 0 spiro atoms. The lowest BCUT2D eigenvalue weighted by Crippen LogP contribution is -2.12. The first-order chi connectivity index (χ1) is 6.81. The number of hydrogen-bond acceptors (Lipinski definition) is 2. The SMILES string of the molecule is Brc1ccc(C2CNCC2CI)nc1. The van der Waals surface area contributed by atoms with Crippen molar-refractivity contribution in [3.63, 3.8) is 0 Å². The molecule has 0 amide bonds. The second-order valence-electron chi connectivity index (χ2n) is 3.58. The summed E-state index contributed by atoms with van der Waals surface area (Å²) in [4.78, 5) is 4.47. The van der Waals surface area contributed by atoms with Crippen LogP contribution in [0.25, 0.3) is 0 Å². The lowest BCUT2D eigenvalue weighted by Gasteiger charge is -2.15. The molecule has 14 heavy (non-hydrogen) atoms. The zero-order valence-electron chi connectivity index (χ0n) is 7.71. The number of alkyl halides is 1. The van der Waals surface area contributed by atoms with Gasteiger partial charge in [-0.2, -0.15) is 0 Å². The monoisotopic (exact) mass is 366 g/mol. The van der Waals surface area contributed by atoms with Gasteiger partial charge in [0, 0.05) is 33.3 Å². The van der Waals surface area contributed by atoms with E-state index in [0.29, 0.717) is 5.92 Å². The van der Waals surface area contributed by atoms with E-state index in [-0.39, 0.29) is 0 Å². The minimum atomic E-state index is 0.597. The van der Waals surface area contributed by atoms with Crippen LogP contribution in [0.5, 0.6) is 0 Å². The van der Waals surface area contributed by atoms with Crippen LogP contribution in [0.2, 0.25) is 0 Å². The lowest BCUT2D eigenvalue weighted by molar-refractivity contribution is 0.576. The highest BCUT2D eigenvalue weighted by atomic mass is 127. The Kier molecular flexibility index (Phi) is 3.79. The van der Waals surface area contributed by atoms with E-state index in [0.717, 1.165) is 23.5 Å². The van der Waals surface area contributed by atoms with Crippen molar-refractivity contribution in [3.8, 4) is 0 Å². The van der Waals surface area contributed by atoms with Crippen LogP contribution in [0.15, 0.2) is 22.8 Å². The summed E-state index contributed by atoms with van der Waals surface area (Å²) < 4.78 is 2.26. The van der Waals surface area contributed by atoms with Crippen molar-refractivity contribution >= 4 is 38.5 Å². The Morgan fingerprint density at radius 3 is 3.00 bits per heavy atom. The molecular weight excluding hydrogens is 355 g/mol. The van der Waals surface area contributed by atoms with Gasteiger partial charge in [0.25, 0.3) is 0 Å². The zero-order chi connectivity index (χ0) is 9.97. The lowest BCUT2D eigenvalue weighted by atomic mass is 9.94. The summed E-state index contributed by atoms with van der Waals surface area (Å²) in [7, 11) is 0. The Bertz CT molecular complexity index is 301. The molecule has 1 aliphatic heterocycles. The van der Waals surface area contributed by atoms with E-state index in [1.165, 1.54) is 10.1 Å². The number of hydrogen-bond donors (Lipinski definition) is 1. The van der Waals surface area contributed by atoms with Gasteiger partial charge in [-0.3, -0.25) is 4.98 Å². The molecule has 2 atom stereocenters. The molecule has 0 saturated carbocycles. The number of nitrogens with zero attached hydrogens (tertiary/aromatic N) is 1. The predicted octanol–water partition coefficient (Wildman–Crippen LogP) is 2.58. The summed E-state index contributed by atoms with van der Waals surface area (Å²) in [6.45, 7) is 2.20. The van der Waals surface area contributed by atoms with Crippen molar-refractivity contribution in [2.75, 3.05) is 17.5 Å². The summed E-state index contributed by atoms with van der Waals surface area (Å²) in [5.41, 5.74) is 1.22. The smallest absolute Gasteiger partial charge is 0.0451 e. The normalized spacial score (nSPS) is 26.7. The van der Waals surface area contributed by atoms with Crippen LogP contribution in [0.1, 0.15) is 11.6 Å². The average Bonchev–Trinajstić information content (AvgIpc) is 2.67. The molecule has 1 aromatic heterocycles. The van der Waals surface area contributed by atoms with Gasteiger partial charge in [-0.05, 0) is 40.5 Å². The highest BCUT2D eigenvalue weighted by molar-refractivity contribution is 14.1. The molecule has 2 rings (SSSR count). The number of pyridine rings is 1. The molecule has 2 unspecified atom stereocenters. The summed E-state index contributed by atoms with van der Waals surface area (Å²) in [6.07, 6.45) is 1.89. The van der Waals surface area contributed by atoms with E-state index >= 15 is 0 Å². The highest BCUT2D eigenvalue weighted by Crippen LogP contribution is 2.28. The first-order valence-corrected chi connectivity index (χ1v) is 7.01. The topological polar surface area (TPSA) is 24.9 Å². The van der Waals surface area contributed by atoms with Gasteiger partial charge < -0.3 is 5.32 Å². The fourth-order valence-electron chi connectivity index (χ4n) is 1.85. The van der Waals surface area contributed by atoms with Gasteiger partial charge in [-0.1, -0.05) is 22.6 Å². The van der Waals surface area contributed by atoms with Gasteiger partial charge in [0.05, 0.1) is 0 Å². The van der Waals surface area contributed by atoms with Gasteiger partial charge in [0.15, 0.2) is 0 Å². The third-order valence-electron chi connectivity index (χ3n) is 2.67.